The molecular weight excluding hydrogens is 340 g/mol. The first-order valence-electron chi connectivity index (χ1n) is 10.00. The highest BCUT2D eigenvalue weighted by Gasteiger charge is 2.30. The fourth-order valence-electron chi connectivity index (χ4n) is 3.67. The molecule has 1 aliphatic carbocycles. The highest BCUT2D eigenvalue weighted by molar-refractivity contribution is 5.93. The molecule has 0 aromatic heterocycles. The third-order valence-electron chi connectivity index (χ3n) is 5.29. The van der Waals surface area contributed by atoms with Gasteiger partial charge in [0, 0.05) is 37.8 Å². The number of amides is 2. The average molecular weight is 375 g/mol. The molecule has 1 saturated carbocycles. The summed E-state index contributed by atoms with van der Waals surface area (Å²) in [6.07, 6.45) is 3.90. The van der Waals surface area contributed by atoms with Crippen molar-refractivity contribution in [3.63, 3.8) is 0 Å². The Morgan fingerprint density at radius 3 is 2.22 bits per heavy atom. The van der Waals surface area contributed by atoms with Crippen LogP contribution in [0, 0.1) is 11.8 Å². The Bertz CT molecular complexity index is 629. The van der Waals surface area contributed by atoms with E-state index in [1.165, 1.54) is 0 Å². The first kappa shape index (κ1) is 21.4. The van der Waals surface area contributed by atoms with Gasteiger partial charge in [-0.05, 0) is 49.1 Å². The summed E-state index contributed by atoms with van der Waals surface area (Å²) in [5.74, 6) is 0.197. The summed E-state index contributed by atoms with van der Waals surface area (Å²) in [4.78, 5) is 25.0. The van der Waals surface area contributed by atoms with Crippen LogP contribution in [0.2, 0.25) is 0 Å². The summed E-state index contributed by atoms with van der Waals surface area (Å²) < 4.78 is 4.99. The molecule has 150 valence electrons. The lowest BCUT2D eigenvalue weighted by atomic mass is 9.80. The zero-order valence-electron chi connectivity index (χ0n) is 17.1. The number of ether oxygens (including phenoxy) is 1. The van der Waals surface area contributed by atoms with E-state index in [9.17, 15) is 9.59 Å². The van der Waals surface area contributed by atoms with E-state index in [1.807, 2.05) is 18.2 Å². The molecule has 0 heterocycles. The SMILES string of the molecule is COCCCNC(=O)C1CCC(C(=O)Nc2ccccc2C(C)(C)C)CC1. The highest BCUT2D eigenvalue weighted by atomic mass is 16.5. The normalized spacial score (nSPS) is 20.1. The zero-order valence-corrected chi connectivity index (χ0v) is 17.1. The number of anilines is 1. The van der Waals surface area contributed by atoms with Crippen molar-refractivity contribution in [2.75, 3.05) is 25.6 Å². The standard InChI is InChI=1S/C22H34N2O3/c1-22(2,3)18-8-5-6-9-19(18)24-21(26)17-12-10-16(11-13-17)20(25)23-14-7-15-27-4/h5-6,8-9,16-17H,7,10-15H2,1-4H3,(H,23,25)(H,24,26). The highest BCUT2D eigenvalue weighted by Crippen LogP contribution is 2.32. The Balaban J connectivity index is 1.84. The second-order valence-electron chi connectivity index (χ2n) is 8.47. The lowest BCUT2D eigenvalue weighted by Gasteiger charge is -2.28. The molecule has 0 aliphatic heterocycles. The van der Waals surface area contributed by atoms with Gasteiger partial charge in [0.2, 0.25) is 11.8 Å². The Labute approximate surface area is 163 Å². The van der Waals surface area contributed by atoms with Crippen molar-refractivity contribution in [2.45, 2.75) is 58.3 Å². The summed E-state index contributed by atoms with van der Waals surface area (Å²) in [6.45, 7) is 7.75. The van der Waals surface area contributed by atoms with Gasteiger partial charge in [0.15, 0.2) is 0 Å². The van der Waals surface area contributed by atoms with Gasteiger partial charge in [-0.15, -0.1) is 0 Å². The molecule has 27 heavy (non-hydrogen) atoms. The number of benzene rings is 1. The Morgan fingerprint density at radius 1 is 1.04 bits per heavy atom. The van der Waals surface area contributed by atoms with Crippen LogP contribution in [0.1, 0.15) is 58.4 Å². The van der Waals surface area contributed by atoms with Crippen molar-refractivity contribution >= 4 is 17.5 Å². The van der Waals surface area contributed by atoms with Crippen molar-refractivity contribution in [1.82, 2.24) is 5.32 Å². The van der Waals surface area contributed by atoms with Crippen LogP contribution in [-0.2, 0) is 19.7 Å². The lowest BCUT2D eigenvalue weighted by Crippen LogP contribution is -2.36. The van der Waals surface area contributed by atoms with Crippen LogP contribution in [0.4, 0.5) is 5.69 Å². The van der Waals surface area contributed by atoms with Crippen molar-refractivity contribution in [2.24, 2.45) is 11.8 Å². The predicted molar refractivity (Wildman–Crippen MR) is 109 cm³/mol. The van der Waals surface area contributed by atoms with Gasteiger partial charge >= 0.3 is 0 Å². The average Bonchev–Trinajstić information content (AvgIpc) is 2.65. The molecule has 1 aromatic carbocycles. The minimum absolute atomic E-state index is 0.0180. The number of methoxy groups -OCH3 is 1. The van der Waals surface area contributed by atoms with E-state index < -0.39 is 0 Å². The van der Waals surface area contributed by atoms with Gasteiger partial charge in [-0.3, -0.25) is 9.59 Å². The first-order valence-corrected chi connectivity index (χ1v) is 10.00. The van der Waals surface area contributed by atoms with Crippen LogP contribution in [0.25, 0.3) is 0 Å². The van der Waals surface area contributed by atoms with Gasteiger partial charge in [-0.25, -0.2) is 0 Å². The van der Waals surface area contributed by atoms with Gasteiger partial charge in [0.05, 0.1) is 0 Å². The lowest BCUT2D eigenvalue weighted by molar-refractivity contribution is -0.128. The predicted octanol–water partition coefficient (Wildman–Crippen LogP) is 3.88. The number of rotatable bonds is 7. The van der Waals surface area contributed by atoms with E-state index in [1.54, 1.807) is 7.11 Å². The van der Waals surface area contributed by atoms with Gasteiger partial charge in [-0.2, -0.15) is 0 Å². The molecule has 1 aromatic rings. The zero-order chi connectivity index (χ0) is 19.9. The van der Waals surface area contributed by atoms with Gasteiger partial charge in [0.25, 0.3) is 0 Å². The van der Waals surface area contributed by atoms with E-state index in [0.717, 1.165) is 43.4 Å². The Kier molecular flexibility index (Phi) is 7.84. The van der Waals surface area contributed by atoms with Gasteiger partial charge in [0.1, 0.15) is 0 Å². The van der Waals surface area contributed by atoms with Crippen LogP contribution in [0.5, 0.6) is 0 Å². The Hall–Kier alpha value is -1.88. The molecule has 0 atom stereocenters. The first-order chi connectivity index (χ1) is 12.8. The van der Waals surface area contributed by atoms with Gasteiger partial charge in [-0.1, -0.05) is 39.0 Å². The second kappa shape index (κ2) is 9.88. The number of hydrogen-bond acceptors (Lipinski definition) is 3. The third-order valence-corrected chi connectivity index (χ3v) is 5.29. The number of para-hydroxylation sites is 1. The minimum atomic E-state index is -0.0254. The maximum absolute atomic E-state index is 12.7. The second-order valence-corrected chi connectivity index (χ2v) is 8.47. The molecule has 2 amide bonds. The molecular formula is C22H34N2O3. The van der Waals surface area contributed by atoms with Crippen LogP contribution < -0.4 is 10.6 Å². The monoisotopic (exact) mass is 374 g/mol. The summed E-state index contributed by atoms with van der Waals surface area (Å²) in [7, 11) is 1.66. The van der Waals surface area contributed by atoms with E-state index in [4.69, 9.17) is 4.74 Å². The van der Waals surface area contributed by atoms with Crippen LogP contribution >= 0.6 is 0 Å². The van der Waals surface area contributed by atoms with Crippen molar-refractivity contribution in [3.8, 4) is 0 Å². The third kappa shape index (κ3) is 6.35. The van der Waals surface area contributed by atoms with Gasteiger partial charge < -0.3 is 15.4 Å². The fraction of sp³-hybridized carbons (Fsp3) is 0.636. The quantitative estimate of drug-likeness (QED) is 0.712. The van der Waals surface area contributed by atoms with Crippen LogP contribution in [0.3, 0.4) is 0 Å². The Morgan fingerprint density at radius 2 is 1.63 bits per heavy atom. The largest absolute Gasteiger partial charge is 0.385 e. The molecule has 0 bridgehead atoms. The number of carbonyl (C=O) groups is 2. The van der Waals surface area contributed by atoms with Crippen molar-refractivity contribution < 1.29 is 14.3 Å². The molecule has 0 radical (unpaired) electrons. The number of carbonyl (C=O) groups excluding carboxylic acids is 2. The van der Waals surface area contributed by atoms with Crippen molar-refractivity contribution in [1.29, 1.82) is 0 Å². The smallest absolute Gasteiger partial charge is 0.227 e. The molecule has 1 aliphatic rings. The van der Waals surface area contributed by atoms with Crippen molar-refractivity contribution in [3.05, 3.63) is 29.8 Å². The molecule has 1 fully saturated rings. The van der Waals surface area contributed by atoms with E-state index >= 15 is 0 Å². The fourth-order valence-corrected chi connectivity index (χ4v) is 3.67. The number of nitrogens with one attached hydrogen (secondary N) is 2. The molecule has 5 heteroatoms. The molecule has 0 saturated heterocycles. The minimum Gasteiger partial charge on any atom is -0.385 e. The maximum Gasteiger partial charge on any atom is 0.227 e. The molecule has 2 rings (SSSR count). The summed E-state index contributed by atoms with van der Waals surface area (Å²) in [5, 5.41) is 6.10. The van der Waals surface area contributed by atoms with E-state index in [-0.39, 0.29) is 29.1 Å². The molecule has 0 spiro atoms. The summed E-state index contributed by atoms with van der Waals surface area (Å²) in [5.41, 5.74) is 2.01. The summed E-state index contributed by atoms with van der Waals surface area (Å²) >= 11 is 0. The van der Waals surface area contributed by atoms with E-state index in [0.29, 0.717) is 13.2 Å². The topological polar surface area (TPSA) is 67.4 Å². The van der Waals surface area contributed by atoms with Crippen LogP contribution in [0.15, 0.2) is 24.3 Å². The molecule has 0 unspecified atom stereocenters. The summed E-state index contributed by atoms with van der Waals surface area (Å²) in [6, 6.07) is 8.00. The van der Waals surface area contributed by atoms with Crippen LogP contribution in [-0.4, -0.2) is 32.1 Å². The van der Waals surface area contributed by atoms with E-state index in [2.05, 4.69) is 37.5 Å². The maximum atomic E-state index is 12.7. The number of hydrogen-bond donors (Lipinski definition) is 2. The molecule has 2 N–H and O–H groups in total. The molecule has 5 nitrogen and oxygen atoms in total.